The summed E-state index contributed by atoms with van der Waals surface area (Å²) in [6.45, 7) is 9.65. The summed E-state index contributed by atoms with van der Waals surface area (Å²) in [7, 11) is -3.29. The molecule has 45 heavy (non-hydrogen) atoms. The van der Waals surface area contributed by atoms with E-state index in [4.69, 9.17) is 4.98 Å². The molecule has 1 aromatic heterocycles. The summed E-state index contributed by atoms with van der Waals surface area (Å²) in [5, 5.41) is 5.90. The fourth-order valence-electron chi connectivity index (χ4n) is 5.24. The van der Waals surface area contributed by atoms with Crippen LogP contribution in [0.3, 0.4) is 0 Å². The topological polar surface area (TPSA) is 110 Å². The molecule has 0 bridgehead atoms. The van der Waals surface area contributed by atoms with Crippen molar-refractivity contribution in [3.8, 4) is 11.4 Å². The van der Waals surface area contributed by atoms with E-state index in [1.807, 2.05) is 50.2 Å². The highest BCUT2D eigenvalue weighted by Gasteiger charge is 2.21. The Labute approximate surface area is 264 Å². The van der Waals surface area contributed by atoms with E-state index >= 15 is 0 Å². The first-order valence-corrected chi connectivity index (χ1v) is 16.7. The third-order valence-electron chi connectivity index (χ3n) is 7.77. The number of hydrogen-bond donors (Lipinski definition) is 2. The van der Waals surface area contributed by atoms with Crippen LogP contribution in [0.1, 0.15) is 60.8 Å². The maximum atomic E-state index is 12.9. The number of fused-ring (bicyclic) bond motifs is 1. The summed E-state index contributed by atoms with van der Waals surface area (Å²) in [4.78, 5) is 30.9. The largest absolute Gasteiger partial charge is 0.350 e. The van der Waals surface area contributed by atoms with Crippen molar-refractivity contribution in [2.45, 2.75) is 58.0 Å². The number of carbonyl (C=O) groups excluding carboxylic acids is 2. The molecule has 4 aromatic carbocycles. The van der Waals surface area contributed by atoms with Gasteiger partial charge in [-0.15, -0.1) is 0 Å². The minimum absolute atomic E-state index is 0.0179. The lowest BCUT2D eigenvalue weighted by Gasteiger charge is -2.19. The Bertz CT molecular complexity index is 1940. The number of carbonyl (C=O) groups is 2. The van der Waals surface area contributed by atoms with Gasteiger partial charge in [0.2, 0.25) is 5.91 Å². The first-order valence-electron chi connectivity index (χ1n) is 15.1. The van der Waals surface area contributed by atoms with E-state index in [1.54, 1.807) is 37.3 Å². The Hall–Kier alpha value is -4.76. The standard InChI is InChI=1S/C36H38N4O4S/c1-6-45(43,44)31-18-9-26(10-19-31)21-34(41)38-30-16-13-28(14-17-30)35-39-32-20-15-29(36(42)37-23(2)3)22-33(32)40(35)25(5)27-11-7-24(4)8-12-27/h7-20,22-23,25H,6,21H2,1-5H3,(H,37,42)(H,38,41). The summed E-state index contributed by atoms with van der Waals surface area (Å²) >= 11 is 0. The third-order valence-corrected chi connectivity index (χ3v) is 9.52. The van der Waals surface area contributed by atoms with Gasteiger partial charge in [-0.25, -0.2) is 13.4 Å². The average molecular weight is 623 g/mol. The zero-order chi connectivity index (χ0) is 32.3. The number of anilines is 1. The Kier molecular flexibility index (Phi) is 9.20. The van der Waals surface area contributed by atoms with Crippen LogP contribution in [0.5, 0.6) is 0 Å². The quantitative estimate of drug-likeness (QED) is 0.179. The van der Waals surface area contributed by atoms with Crippen LogP contribution < -0.4 is 10.6 Å². The molecule has 0 saturated carbocycles. The smallest absolute Gasteiger partial charge is 0.251 e. The lowest BCUT2D eigenvalue weighted by Crippen LogP contribution is -2.30. The van der Waals surface area contributed by atoms with Crippen molar-refractivity contribution in [1.29, 1.82) is 0 Å². The van der Waals surface area contributed by atoms with Crippen molar-refractivity contribution < 1.29 is 18.0 Å². The minimum Gasteiger partial charge on any atom is -0.350 e. The molecule has 1 atom stereocenters. The van der Waals surface area contributed by atoms with Crippen molar-refractivity contribution in [2.75, 3.05) is 11.1 Å². The van der Waals surface area contributed by atoms with Crippen molar-refractivity contribution in [3.63, 3.8) is 0 Å². The fourth-order valence-corrected chi connectivity index (χ4v) is 6.13. The molecule has 232 valence electrons. The number of benzene rings is 4. The highest BCUT2D eigenvalue weighted by Crippen LogP contribution is 2.33. The summed E-state index contributed by atoms with van der Waals surface area (Å²) in [5.41, 5.74) is 6.71. The van der Waals surface area contributed by atoms with E-state index in [1.165, 1.54) is 5.56 Å². The molecular formula is C36H38N4O4S. The van der Waals surface area contributed by atoms with Crippen LogP contribution >= 0.6 is 0 Å². The second-order valence-electron chi connectivity index (χ2n) is 11.6. The number of amides is 2. The normalized spacial score (nSPS) is 12.3. The van der Waals surface area contributed by atoms with Gasteiger partial charge in [0, 0.05) is 22.9 Å². The van der Waals surface area contributed by atoms with E-state index < -0.39 is 9.84 Å². The SMILES string of the molecule is CCS(=O)(=O)c1ccc(CC(=O)Nc2ccc(-c3nc4ccc(C(=O)NC(C)C)cc4n3C(C)c3ccc(C)cc3)cc2)cc1. The van der Waals surface area contributed by atoms with Crippen LogP contribution in [0.25, 0.3) is 22.4 Å². The molecule has 9 heteroatoms. The number of aryl methyl sites for hydroxylation is 1. The minimum atomic E-state index is -3.29. The van der Waals surface area contributed by atoms with Crippen molar-refractivity contribution in [3.05, 3.63) is 113 Å². The summed E-state index contributed by atoms with van der Waals surface area (Å²) < 4.78 is 26.3. The molecule has 0 spiro atoms. The van der Waals surface area contributed by atoms with E-state index in [-0.39, 0.29) is 41.0 Å². The Balaban J connectivity index is 1.43. The van der Waals surface area contributed by atoms with Gasteiger partial charge in [-0.1, -0.05) is 48.9 Å². The fraction of sp³-hybridized carbons (Fsp3) is 0.250. The molecular weight excluding hydrogens is 584 g/mol. The number of aromatic nitrogens is 2. The van der Waals surface area contributed by atoms with E-state index in [9.17, 15) is 18.0 Å². The molecule has 2 N–H and O–H groups in total. The van der Waals surface area contributed by atoms with E-state index in [2.05, 4.69) is 53.3 Å². The predicted molar refractivity (Wildman–Crippen MR) is 179 cm³/mol. The Morgan fingerprint density at radius 3 is 2.16 bits per heavy atom. The maximum Gasteiger partial charge on any atom is 0.251 e. The summed E-state index contributed by atoms with van der Waals surface area (Å²) in [6, 6.07) is 27.9. The molecule has 8 nitrogen and oxygen atoms in total. The molecule has 0 aliphatic heterocycles. The molecule has 0 radical (unpaired) electrons. The van der Waals surface area contributed by atoms with E-state index in [0.717, 1.165) is 33.5 Å². The number of nitrogens with zero attached hydrogens (tertiary/aromatic N) is 2. The summed E-state index contributed by atoms with van der Waals surface area (Å²) in [5.74, 6) is 0.437. The molecule has 0 fully saturated rings. The zero-order valence-corrected chi connectivity index (χ0v) is 27.0. The molecule has 1 heterocycles. The van der Waals surface area contributed by atoms with Crippen LogP contribution in [0, 0.1) is 6.92 Å². The second kappa shape index (κ2) is 13.1. The lowest BCUT2D eigenvalue weighted by molar-refractivity contribution is -0.115. The monoisotopic (exact) mass is 622 g/mol. The Morgan fingerprint density at radius 1 is 0.867 bits per heavy atom. The van der Waals surface area contributed by atoms with Crippen molar-refractivity contribution in [1.82, 2.24) is 14.9 Å². The number of sulfone groups is 1. The Morgan fingerprint density at radius 2 is 1.53 bits per heavy atom. The van der Waals surface area contributed by atoms with Crippen molar-refractivity contribution in [2.24, 2.45) is 0 Å². The predicted octanol–water partition coefficient (Wildman–Crippen LogP) is 6.73. The van der Waals surface area contributed by atoms with Gasteiger partial charge in [-0.2, -0.15) is 0 Å². The molecule has 0 aliphatic rings. The molecule has 0 aliphatic carbocycles. The van der Waals surface area contributed by atoms with Gasteiger partial charge < -0.3 is 15.2 Å². The van der Waals surface area contributed by atoms with Crippen LogP contribution in [0.15, 0.2) is 95.9 Å². The third kappa shape index (κ3) is 7.15. The average Bonchev–Trinajstić information content (AvgIpc) is 3.40. The van der Waals surface area contributed by atoms with Crippen molar-refractivity contribution >= 4 is 38.4 Å². The molecule has 5 rings (SSSR count). The van der Waals surface area contributed by atoms with Gasteiger partial charge >= 0.3 is 0 Å². The van der Waals surface area contributed by atoms with Gasteiger partial charge in [-0.3, -0.25) is 9.59 Å². The van der Waals surface area contributed by atoms with Gasteiger partial charge in [0.15, 0.2) is 9.84 Å². The van der Waals surface area contributed by atoms with Crippen LogP contribution in [-0.2, 0) is 21.1 Å². The molecule has 2 amide bonds. The van der Waals surface area contributed by atoms with E-state index in [0.29, 0.717) is 11.3 Å². The number of hydrogen-bond acceptors (Lipinski definition) is 5. The maximum absolute atomic E-state index is 12.9. The molecule has 1 unspecified atom stereocenters. The van der Waals surface area contributed by atoms with Gasteiger partial charge in [0.1, 0.15) is 5.82 Å². The van der Waals surface area contributed by atoms with Gasteiger partial charge in [-0.05, 0) is 93.4 Å². The van der Waals surface area contributed by atoms with Crippen LogP contribution in [-0.4, -0.2) is 41.6 Å². The first-order chi connectivity index (χ1) is 21.4. The number of rotatable bonds is 10. The number of nitrogens with one attached hydrogen (secondary N) is 2. The van der Waals surface area contributed by atoms with Gasteiger partial charge in [0.25, 0.3) is 5.91 Å². The van der Waals surface area contributed by atoms with Crippen LogP contribution in [0.2, 0.25) is 0 Å². The summed E-state index contributed by atoms with van der Waals surface area (Å²) in [6.07, 6.45) is 0.116. The van der Waals surface area contributed by atoms with Crippen LogP contribution in [0.4, 0.5) is 5.69 Å². The second-order valence-corrected chi connectivity index (χ2v) is 13.9. The highest BCUT2D eigenvalue weighted by atomic mass is 32.2. The first kappa shape index (κ1) is 31.7. The zero-order valence-electron chi connectivity index (χ0n) is 26.2. The molecule has 5 aromatic rings. The van der Waals surface area contributed by atoms with Gasteiger partial charge in [0.05, 0.1) is 34.1 Å². The highest BCUT2D eigenvalue weighted by molar-refractivity contribution is 7.91. The number of imidazole rings is 1. The lowest BCUT2D eigenvalue weighted by atomic mass is 10.0. The molecule has 0 saturated heterocycles.